The molecule has 9 heteroatoms. The van der Waals surface area contributed by atoms with Gasteiger partial charge in [-0.2, -0.15) is 0 Å². The first-order valence-corrected chi connectivity index (χ1v) is 8.27. The van der Waals surface area contributed by atoms with E-state index in [4.69, 9.17) is 9.47 Å². The first kappa shape index (κ1) is 21.5. The molecule has 0 saturated heterocycles. The number of amides is 4. The van der Waals surface area contributed by atoms with Crippen LogP contribution < -0.4 is 10.6 Å². The van der Waals surface area contributed by atoms with Crippen molar-refractivity contribution in [3.63, 3.8) is 0 Å². The van der Waals surface area contributed by atoms with Crippen LogP contribution in [0.25, 0.3) is 0 Å². The third kappa shape index (κ3) is 8.00. The van der Waals surface area contributed by atoms with E-state index in [-0.39, 0.29) is 13.1 Å². The second kappa shape index (κ2) is 8.20. The largest absolute Gasteiger partial charge is 0.444 e. The van der Waals surface area contributed by atoms with Gasteiger partial charge in [-0.25, -0.2) is 9.59 Å². The molecule has 26 heavy (non-hydrogen) atoms. The standard InChI is InChI=1S/C17H27N3O6/c1-16(2,3)25-14(23)18-9-11(19-15(24)26-17(4,5)6)10-20-12(21)7-8-13(20)22/h7-8,11H,9-10H2,1-6H3,(H,18,23)(H,19,24). The van der Waals surface area contributed by atoms with Crippen molar-refractivity contribution in [1.82, 2.24) is 15.5 Å². The molecule has 0 radical (unpaired) electrons. The van der Waals surface area contributed by atoms with E-state index in [0.29, 0.717) is 0 Å². The Kier molecular flexibility index (Phi) is 6.77. The highest BCUT2D eigenvalue weighted by atomic mass is 16.6. The number of hydrogen-bond donors (Lipinski definition) is 2. The molecule has 2 N–H and O–H groups in total. The molecule has 1 rings (SSSR count). The van der Waals surface area contributed by atoms with Crippen LogP contribution in [-0.4, -0.2) is 59.2 Å². The van der Waals surface area contributed by atoms with E-state index in [1.807, 2.05) is 0 Å². The zero-order chi connectivity index (χ0) is 20.1. The maximum absolute atomic E-state index is 12.0. The molecule has 0 fully saturated rings. The van der Waals surface area contributed by atoms with Crippen LogP contribution in [0.3, 0.4) is 0 Å². The van der Waals surface area contributed by atoms with E-state index in [1.54, 1.807) is 41.5 Å². The van der Waals surface area contributed by atoms with Gasteiger partial charge in [0.25, 0.3) is 11.8 Å². The van der Waals surface area contributed by atoms with E-state index in [0.717, 1.165) is 17.1 Å². The van der Waals surface area contributed by atoms with Crippen LogP contribution in [0.4, 0.5) is 9.59 Å². The van der Waals surface area contributed by atoms with Crippen LogP contribution >= 0.6 is 0 Å². The van der Waals surface area contributed by atoms with Gasteiger partial charge >= 0.3 is 12.2 Å². The van der Waals surface area contributed by atoms with E-state index >= 15 is 0 Å². The summed E-state index contributed by atoms with van der Waals surface area (Å²) in [6.45, 7) is 10.1. The number of carbonyl (C=O) groups is 4. The molecule has 1 unspecified atom stereocenters. The molecule has 1 aliphatic heterocycles. The first-order chi connectivity index (χ1) is 11.8. The lowest BCUT2D eigenvalue weighted by molar-refractivity contribution is -0.137. The minimum Gasteiger partial charge on any atom is -0.444 e. The van der Waals surface area contributed by atoms with Crippen LogP contribution in [-0.2, 0) is 19.1 Å². The summed E-state index contributed by atoms with van der Waals surface area (Å²) in [5.74, 6) is -0.966. The summed E-state index contributed by atoms with van der Waals surface area (Å²) in [6, 6.07) is -0.745. The smallest absolute Gasteiger partial charge is 0.407 e. The molecule has 0 spiro atoms. The minimum absolute atomic E-state index is 0.0504. The maximum atomic E-state index is 12.0. The molecule has 1 heterocycles. The van der Waals surface area contributed by atoms with Crippen molar-refractivity contribution in [3.8, 4) is 0 Å². The average molecular weight is 369 g/mol. The average Bonchev–Trinajstić information content (AvgIpc) is 2.72. The number of carbonyl (C=O) groups excluding carboxylic acids is 4. The molecule has 0 aromatic heterocycles. The highest BCUT2D eigenvalue weighted by molar-refractivity contribution is 6.12. The Labute approximate surface area is 153 Å². The fourth-order valence-corrected chi connectivity index (χ4v) is 1.99. The molecule has 1 atom stereocenters. The monoisotopic (exact) mass is 369 g/mol. The summed E-state index contributed by atoms with van der Waals surface area (Å²) in [4.78, 5) is 48.2. The number of rotatable bonds is 5. The molecule has 1 aliphatic rings. The molecule has 4 amide bonds. The number of imide groups is 1. The van der Waals surface area contributed by atoms with Crippen LogP contribution in [0.15, 0.2) is 12.2 Å². The van der Waals surface area contributed by atoms with Gasteiger partial charge in [0.15, 0.2) is 0 Å². The quantitative estimate of drug-likeness (QED) is 0.707. The Morgan fingerprint density at radius 1 is 0.962 bits per heavy atom. The van der Waals surface area contributed by atoms with Crippen molar-refractivity contribution in [3.05, 3.63) is 12.2 Å². The number of nitrogens with one attached hydrogen (secondary N) is 2. The van der Waals surface area contributed by atoms with Gasteiger partial charge in [-0.05, 0) is 41.5 Å². The molecule has 0 saturated carbocycles. The summed E-state index contributed by atoms with van der Waals surface area (Å²) in [5.41, 5.74) is -1.39. The summed E-state index contributed by atoms with van der Waals surface area (Å²) < 4.78 is 10.3. The highest BCUT2D eigenvalue weighted by Crippen LogP contribution is 2.09. The maximum Gasteiger partial charge on any atom is 0.407 e. The van der Waals surface area contributed by atoms with Crippen molar-refractivity contribution in [2.45, 2.75) is 58.8 Å². The van der Waals surface area contributed by atoms with Crippen molar-refractivity contribution in [1.29, 1.82) is 0 Å². The van der Waals surface area contributed by atoms with Gasteiger partial charge in [-0.15, -0.1) is 0 Å². The predicted molar refractivity (Wildman–Crippen MR) is 93.3 cm³/mol. The fraction of sp³-hybridized carbons (Fsp3) is 0.647. The van der Waals surface area contributed by atoms with E-state index < -0.39 is 41.2 Å². The van der Waals surface area contributed by atoms with Crippen molar-refractivity contribution in [2.75, 3.05) is 13.1 Å². The van der Waals surface area contributed by atoms with Crippen LogP contribution in [0.2, 0.25) is 0 Å². The molecule has 0 aromatic rings. The number of alkyl carbamates (subject to hydrolysis) is 2. The zero-order valence-corrected chi connectivity index (χ0v) is 16.0. The molecule has 0 bridgehead atoms. The summed E-state index contributed by atoms with van der Waals surface area (Å²) >= 11 is 0. The Morgan fingerprint density at radius 2 is 1.42 bits per heavy atom. The minimum atomic E-state index is -0.745. The van der Waals surface area contributed by atoms with Crippen LogP contribution in [0, 0.1) is 0 Å². The van der Waals surface area contributed by atoms with Gasteiger partial charge in [0.1, 0.15) is 11.2 Å². The Bertz CT molecular complexity index is 583. The number of nitrogens with zero attached hydrogens (tertiary/aromatic N) is 1. The van der Waals surface area contributed by atoms with Crippen molar-refractivity contribution in [2.24, 2.45) is 0 Å². The van der Waals surface area contributed by atoms with Crippen molar-refractivity contribution >= 4 is 24.0 Å². The van der Waals surface area contributed by atoms with Crippen LogP contribution in [0.5, 0.6) is 0 Å². The molecular formula is C17H27N3O6. The first-order valence-electron chi connectivity index (χ1n) is 8.27. The Balaban J connectivity index is 2.71. The van der Waals surface area contributed by atoms with Gasteiger partial charge < -0.3 is 20.1 Å². The summed E-state index contributed by atoms with van der Waals surface area (Å²) in [6.07, 6.45) is 0.897. The molecule has 146 valence electrons. The zero-order valence-electron chi connectivity index (χ0n) is 16.0. The van der Waals surface area contributed by atoms with Crippen LogP contribution in [0.1, 0.15) is 41.5 Å². The second-order valence-electron chi connectivity index (χ2n) is 7.85. The van der Waals surface area contributed by atoms with E-state index in [1.165, 1.54) is 0 Å². The van der Waals surface area contributed by atoms with Gasteiger partial charge in [0.2, 0.25) is 0 Å². The summed E-state index contributed by atoms with van der Waals surface area (Å²) in [7, 11) is 0. The normalized spacial score (nSPS) is 15.7. The van der Waals surface area contributed by atoms with Gasteiger partial charge in [-0.3, -0.25) is 14.5 Å². The number of ether oxygens (including phenoxy) is 2. The lowest BCUT2D eigenvalue weighted by Gasteiger charge is -2.27. The molecule has 0 aliphatic carbocycles. The molecule has 9 nitrogen and oxygen atoms in total. The van der Waals surface area contributed by atoms with Gasteiger partial charge in [0, 0.05) is 18.7 Å². The predicted octanol–water partition coefficient (Wildman–Crippen LogP) is 1.33. The fourth-order valence-electron chi connectivity index (χ4n) is 1.99. The van der Waals surface area contributed by atoms with Crippen molar-refractivity contribution < 1.29 is 28.7 Å². The Morgan fingerprint density at radius 3 is 1.88 bits per heavy atom. The third-order valence-electron chi connectivity index (χ3n) is 2.92. The van der Waals surface area contributed by atoms with Gasteiger partial charge in [-0.1, -0.05) is 0 Å². The number of hydrogen-bond acceptors (Lipinski definition) is 6. The Hall–Kier alpha value is -2.58. The van der Waals surface area contributed by atoms with Gasteiger partial charge in [0.05, 0.1) is 12.6 Å². The molecular weight excluding hydrogens is 342 g/mol. The topological polar surface area (TPSA) is 114 Å². The SMILES string of the molecule is CC(C)(C)OC(=O)NCC(CN1C(=O)C=CC1=O)NC(=O)OC(C)(C)C. The lowest BCUT2D eigenvalue weighted by atomic mass is 10.2. The van der Waals surface area contributed by atoms with E-state index in [9.17, 15) is 19.2 Å². The lowest BCUT2D eigenvalue weighted by Crippen LogP contribution is -2.52. The second-order valence-corrected chi connectivity index (χ2v) is 7.85. The van der Waals surface area contributed by atoms with E-state index in [2.05, 4.69) is 10.6 Å². The molecule has 0 aromatic carbocycles. The summed E-state index contributed by atoms with van der Waals surface area (Å²) in [5, 5.41) is 5.06. The third-order valence-corrected chi connectivity index (χ3v) is 2.92. The highest BCUT2D eigenvalue weighted by Gasteiger charge is 2.29.